The van der Waals surface area contributed by atoms with E-state index in [2.05, 4.69) is 36.3 Å². The molecule has 0 spiro atoms. The fourth-order valence-corrected chi connectivity index (χ4v) is 3.07. The molecule has 18 heavy (non-hydrogen) atoms. The van der Waals surface area contributed by atoms with Crippen molar-refractivity contribution in [3.05, 3.63) is 34.1 Å². The van der Waals surface area contributed by atoms with E-state index in [1.54, 1.807) is 6.20 Å². The normalized spacial score (nSPS) is 13.4. The molecule has 0 unspecified atom stereocenters. The molecule has 0 bridgehead atoms. The largest absolute Gasteiger partial charge is 0.308 e. The van der Waals surface area contributed by atoms with Gasteiger partial charge < -0.3 is 5.43 Å². The van der Waals surface area contributed by atoms with Crippen LogP contribution in [0.4, 0.5) is 5.82 Å². The van der Waals surface area contributed by atoms with Gasteiger partial charge in [-0.3, -0.25) is 4.98 Å². The molecule has 7 heteroatoms. The van der Waals surface area contributed by atoms with E-state index in [9.17, 15) is 0 Å². The molecule has 1 aliphatic heterocycles. The third kappa shape index (κ3) is 2.09. The molecule has 2 aromatic rings. The maximum absolute atomic E-state index is 5.52. The van der Waals surface area contributed by atoms with Crippen molar-refractivity contribution in [3.8, 4) is 11.5 Å². The number of hydrazine groups is 1. The van der Waals surface area contributed by atoms with Gasteiger partial charge in [-0.2, -0.15) is 11.8 Å². The van der Waals surface area contributed by atoms with E-state index in [-0.39, 0.29) is 0 Å². The Morgan fingerprint density at radius 2 is 2.17 bits per heavy atom. The van der Waals surface area contributed by atoms with Crippen LogP contribution in [0.15, 0.2) is 22.8 Å². The van der Waals surface area contributed by atoms with Gasteiger partial charge in [0.15, 0.2) is 5.82 Å². The zero-order chi connectivity index (χ0) is 12.5. The number of halogens is 1. The number of aromatic nitrogens is 3. The molecule has 0 radical (unpaired) electrons. The van der Waals surface area contributed by atoms with Crippen molar-refractivity contribution in [1.82, 2.24) is 15.0 Å². The first-order chi connectivity index (χ1) is 8.78. The van der Waals surface area contributed by atoms with Crippen molar-refractivity contribution in [3.63, 3.8) is 0 Å². The summed E-state index contributed by atoms with van der Waals surface area (Å²) in [4.78, 5) is 13.3. The number of hydrogen-bond acceptors (Lipinski definition) is 6. The molecule has 0 amide bonds. The first kappa shape index (κ1) is 11.9. The number of hydrogen-bond donors (Lipinski definition) is 2. The molecule has 2 aromatic heterocycles. The highest BCUT2D eigenvalue weighted by atomic mass is 79.9. The summed E-state index contributed by atoms with van der Waals surface area (Å²) in [6, 6.07) is 3.80. The Morgan fingerprint density at radius 3 is 2.89 bits per heavy atom. The molecule has 0 saturated carbocycles. The first-order valence-corrected chi connectivity index (χ1v) is 7.29. The summed E-state index contributed by atoms with van der Waals surface area (Å²) < 4.78 is 0.931. The molecule has 3 rings (SSSR count). The van der Waals surface area contributed by atoms with Gasteiger partial charge >= 0.3 is 0 Å². The van der Waals surface area contributed by atoms with Crippen molar-refractivity contribution in [2.45, 2.75) is 11.5 Å². The average molecular weight is 324 g/mol. The molecule has 0 saturated heterocycles. The Labute approximate surface area is 117 Å². The highest BCUT2D eigenvalue weighted by Crippen LogP contribution is 2.33. The minimum Gasteiger partial charge on any atom is -0.308 e. The van der Waals surface area contributed by atoms with E-state index >= 15 is 0 Å². The van der Waals surface area contributed by atoms with Crippen LogP contribution in [0.5, 0.6) is 0 Å². The van der Waals surface area contributed by atoms with Gasteiger partial charge in [0, 0.05) is 27.7 Å². The predicted octanol–water partition coefficient (Wildman–Crippen LogP) is 2.33. The number of nitrogens with one attached hydrogen (secondary N) is 1. The van der Waals surface area contributed by atoms with E-state index in [1.807, 2.05) is 23.9 Å². The molecule has 1 aliphatic rings. The Morgan fingerprint density at radius 1 is 1.28 bits per heavy atom. The van der Waals surface area contributed by atoms with E-state index < -0.39 is 0 Å². The van der Waals surface area contributed by atoms with Gasteiger partial charge in [-0.15, -0.1) is 0 Å². The number of pyridine rings is 1. The number of rotatable bonds is 2. The monoisotopic (exact) mass is 323 g/mol. The maximum Gasteiger partial charge on any atom is 0.180 e. The molecule has 5 nitrogen and oxygen atoms in total. The Bertz CT molecular complexity index is 587. The van der Waals surface area contributed by atoms with Gasteiger partial charge in [-0.25, -0.2) is 15.8 Å². The molecule has 0 fully saturated rings. The summed E-state index contributed by atoms with van der Waals surface area (Å²) >= 11 is 5.17. The van der Waals surface area contributed by atoms with E-state index in [4.69, 9.17) is 5.84 Å². The lowest BCUT2D eigenvalue weighted by molar-refractivity contribution is 1.05. The molecular formula is C11H10BrN5S. The molecule has 92 valence electrons. The van der Waals surface area contributed by atoms with Crippen LogP contribution in [0.25, 0.3) is 11.5 Å². The zero-order valence-electron chi connectivity index (χ0n) is 9.35. The summed E-state index contributed by atoms with van der Waals surface area (Å²) in [6.45, 7) is 0. The summed E-state index contributed by atoms with van der Waals surface area (Å²) in [5.74, 6) is 8.63. The number of nitrogen functional groups attached to an aromatic ring is 1. The van der Waals surface area contributed by atoms with Crippen molar-refractivity contribution >= 4 is 33.5 Å². The number of nitrogens with zero attached hydrogens (tertiary/aromatic N) is 3. The van der Waals surface area contributed by atoms with Gasteiger partial charge in [0.05, 0.1) is 5.69 Å². The molecule has 0 aliphatic carbocycles. The molecule has 0 aromatic carbocycles. The summed E-state index contributed by atoms with van der Waals surface area (Å²) in [5.41, 5.74) is 5.54. The van der Waals surface area contributed by atoms with Crippen LogP contribution in [0, 0.1) is 0 Å². The highest BCUT2D eigenvalue weighted by Gasteiger charge is 2.20. The van der Waals surface area contributed by atoms with Crippen LogP contribution < -0.4 is 11.3 Å². The molecule has 0 atom stereocenters. The van der Waals surface area contributed by atoms with Crippen LogP contribution in [0.3, 0.4) is 0 Å². The Balaban J connectivity index is 2.10. The van der Waals surface area contributed by atoms with Gasteiger partial charge in [0.1, 0.15) is 11.5 Å². The van der Waals surface area contributed by atoms with Gasteiger partial charge in [-0.05, 0) is 28.1 Å². The minimum atomic E-state index is 0.608. The molecular weight excluding hydrogens is 314 g/mol. The Kier molecular flexibility index (Phi) is 3.19. The van der Waals surface area contributed by atoms with Crippen molar-refractivity contribution < 1.29 is 0 Å². The average Bonchev–Trinajstić information content (AvgIpc) is 2.86. The second-order valence-electron chi connectivity index (χ2n) is 3.82. The smallest absolute Gasteiger partial charge is 0.180 e. The van der Waals surface area contributed by atoms with Crippen LogP contribution >= 0.6 is 27.7 Å². The van der Waals surface area contributed by atoms with Crippen molar-refractivity contribution in [2.75, 3.05) is 5.43 Å². The predicted molar refractivity (Wildman–Crippen MR) is 75.8 cm³/mol. The summed E-state index contributed by atoms with van der Waals surface area (Å²) in [5, 5.41) is 0. The second-order valence-corrected chi connectivity index (χ2v) is 5.72. The van der Waals surface area contributed by atoms with E-state index in [1.165, 1.54) is 0 Å². The fraction of sp³-hybridized carbons (Fsp3) is 0.182. The fourth-order valence-electron chi connectivity index (χ4n) is 1.79. The molecule has 3 N–H and O–H groups in total. The number of fused-ring (bicyclic) bond motifs is 1. The minimum absolute atomic E-state index is 0.608. The van der Waals surface area contributed by atoms with E-state index in [0.717, 1.165) is 32.9 Å². The lowest BCUT2D eigenvalue weighted by Crippen LogP contribution is -2.13. The van der Waals surface area contributed by atoms with Crippen molar-refractivity contribution in [1.29, 1.82) is 0 Å². The van der Waals surface area contributed by atoms with Gasteiger partial charge in [0.25, 0.3) is 0 Å². The van der Waals surface area contributed by atoms with E-state index in [0.29, 0.717) is 11.6 Å². The standard InChI is InChI=1S/C11H10BrN5S/c12-6-1-2-8(14-3-6)11-15-9-5-18-4-7(9)10(16-11)17-13/h1-3H,4-5,13H2,(H,15,16,17). The summed E-state index contributed by atoms with van der Waals surface area (Å²) in [6.07, 6.45) is 1.73. The van der Waals surface area contributed by atoms with Crippen molar-refractivity contribution in [2.24, 2.45) is 5.84 Å². The quantitative estimate of drug-likeness (QED) is 0.652. The highest BCUT2D eigenvalue weighted by molar-refractivity contribution is 9.10. The molecule has 3 heterocycles. The SMILES string of the molecule is NNc1nc(-c2ccc(Br)cn2)nc2c1CSC2. The zero-order valence-corrected chi connectivity index (χ0v) is 11.8. The van der Waals surface area contributed by atoms with Gasteiger partial charge in [-0.1, -0.05) is 0 Å². The van der Waals surface area contributed by atoms with Crippen LogP contribution in [-0.4, -0.2) is 15.0 Å². The number of nitrogens with two attached hydrogens (primary N) is 1. The topological polar surface area (TPSA) is 76.7 Å². The van der Waals surface area contributed by atoms with Crippen LogP contribution in [0.2, 0.25) is 0 Å². The lowest BCUT2D eigenvalue weighted by Gasteiger charge is -2.08. The second kappa shape index (κ2) is 4.83. The lowest BCUT2D eigenvalue weighted by atomic mass is 10.2. The van der Waals surface area contributed by atoms with Crippen LogP contribution in [0.1, 0.15) is 11.3 Å². The third-order valence-electron chi connectivity index (χ3n) is 2.67. The number of thioether (sulfide) groups is 1. The van der Waals surface area contributed by atoms with Gasteiger partial charge in [0.2, 0.25) is 0 Å². The third-order valence-corrected chi connectivity index (χ3v) is 4.11. The summed E-state index contributed by atoms with van der Waals surface area (Å²) in [7, 11) is 0. The number of anilines is 1. The maximum atomic E-state index is 5.52. The Hall–Kier alpha value is -1.18. The first-order valence-electron chi connectivity index (χ1n) is 5.34. The van der Waals surface area contributed by atoms with Crippen LogP contribution in [-0.2, 0) is 11.5 Å².